The summed E-state index contributed by atoms with van der Waals surface area (Å²) in [6.45, 7) is 0.424. The minimum Gasteiger partial charge on any atom is -0.396 e. The molecule has 2 aromatic rings. The summed E-state index contributed by atoms with van der Waals surface area (Å²) in [4.78, 5) is 22.2. The first-order valence-electron chi connectivity index (χ1n) is 7.30. The lowest BCUT2D eigenvalue weighted by Crippen LogP contribution is -2.28. The number of nitro groups is 1. The third-order valence-electron chi connectivity index (χ3n) is 3.60. The number of aliphatic hydroxyl groups excluding tert-OH is 1. The Bertz CT molecular complexity index is 656. The minimum absolute atomic E-state index is 0.0169. The van der Waals surface area contributed by atoms with Gasteiger partial charge in [0.15, 0.2) is 0 Å². The fourth-order valence-corrected chi connectivity index (χ4v) is 2.32. The monoisotopic (exact) mass is 314 g/mol. The van der Waals surface area contributed by atoms with Gasteiger partial charge in [-0.05, 0) is 24.1 Å². The molecule has 6 nitrogen and oxygen atoms in total. The van der Waals surface area contributed by atoms with Crippen LogP contribution in [0, 0.1) is 10.1 Å². The number of hydrogen-bond acceptors (Lipinski definition) is 4. The number of aliphatic hydroxyl groups is 1. The molecule has 1 atom stereocenters. The van der Waals surface area contributed by atoms with Gasteiger partial charge < -0.3 is 10.4 Å². The molecule has 2 aromatic carbocycles. The summed E-state index contributed by atoms with van der Waals surface area (Å²) >= 11 is 0. The van der Waals surface area contributed by atoms with Crippen molar-refractivity contribution >= 4 is 11.6 Å². The van der Waals surface area contributed by atoms with Crippen LogP contribution in [0.5, 0.6) is 0 Å². The maximum atomic E-state index is 12.1. The molecule has 120 valence electrons. The standard InChI is InChI=1S/C17H18N2O4/c20-11-10-15(13-4-2-1-3-5-13)12-18-17(21)14-6-8-16(9-7-14)19(22)23/h1-9,15,20H,10-12H2,(H,18,21). The summed E-state index contributed by atoms with van der Waals surface area (Å²) < 4.78 is 0. The van der Waals surface area contributed by atoms with Gasteiger partial charge in [0, 0.05) is 36.8 Å². The molecule has 0 radical (unpaired) electrons. The molecule has 0 aromatic heterocycles. The summed E-state index contributed by atoms with van der Waals surface area (Å²) in [5, 5.41) is 22.6. The van der Waals surface area contributed by atoms with Gasteiger partial charge in [-0.25, -0.2) is 0 Å². The maximum Gasteiger partial charge on any atom is 0.269 e. The Hall–Kier alpha value is -2.73. The van der Waals surface area contributed by atoms with Crippen LogP contribution in [0.1, 0.15) is 28.3 Å². The van der Waals surface area contributed by atoms with Crippen LogP contribution in [-0.2, 0) is 0 Å². The number of hydrogen-bond donors (Lipinski definition) is 2. The first-order valence-corrected chi connectivity index (χ1v) is 7.30. The molecule has 0 aliphatic carbocycles. The first kappa shape index (κ1) is 16.6. The van der Waals surface area contributed by atoms with Crippen molar-refractivity contribution in [2.45, 2.75) is 12.3 Å². The van der Waals surface area contributed by atoms with Crippen LogP contribution in [0.4, 0.5) is 5.69 Å². The molecule has 1 unspecified atom stereocenters. The van der Waals surface area contributed by atoms with Crippen molar-refractivity contribution in [2.24, 2.45) is 0 Å². The molecule has 0 fully saturated rings. The highest BCUT2D eigenvalue weighted by molar-refractivity contribution is 5.94. The molecule has 0 aliphatic heterocycles. The number of nitrogens with zero attached hydrogens (tertiary/aromatic N) is 1. The predicted molar refractivity (Wildman–Crippen MR) is 86.3 cm³/mol. The second kappa shape index (κ2) is 8.05. The molecule has 2 rings (SSSR count). The molecule has 0 aliphatic rings. The van der Waals surface area contributed by atoms with Crippen molar-refractivity contribution in [3.05, 3.63) is 75.8 Å². The van der Waals surface area contributed by atoms with Gasteiger partial charge in [0.1, 0.15) is 0 Å². The molecule has 0 saturated carbocycles. The third-order valence-corrected chi connectivity index (χ3v) is 3.60. The molecule has 2 N–H and O–H groups in total. The Morgan fingerprint density at radius 2 is 1.78 bits per heavy atom. The van der Waals surface area contributed by atoms with Crippen LogP contribution in [0.25, 0.3) is 0 Å². The predicted octanol–water partition coefficient (Wildman–Crippen LogP) is 2.49. The molecule has 0 saturated heterocycles. The Morgan fingerprint density at radius 3 is 2.35 bits per heavy atom. The summed E-state index contributed by atoms with van der Waals surface area (Å²) in [7, 11) is 0. The normalized spacial score (nSPS) is 11.7. The number of carbonyl (C=O) groups excluding carboxylic acids is 1. The number of amides is 1. The second-order valence-electron chi connectivity index (χ2n) is 5.13. The summed E-state index contributed by atoms with van der Waals surface area (Å²) in [6.07, 6.45) is 0.546. The Labute approximate surface area is 133 Å². The summed E-state index contributed by atoms with van der Waals surface area (Å²) in [5.74, 6) is -0.276. The number of non-ortho nitro benzene ring substituents is 1. The van der Waals surface area contributed by atoms with Gasteiger partial charge in [-0.2, -0.15) is 0 Å². The lowest BCUT2D eigenvalue weighted by molar-refractivity contribution is -0.384. The fourth-order valence-electron chi connectivity index (χ4n) is 2.32. The molecule has 6 heteroatoms. The highest BCUT2D eigenvalue weighted by atomic mass is 16.6. The van der Waals surface area contributed by atoms with Gasteiger partial charge in [0.2, 0.25) is 0 Å². The van der Waals surface area contributed by atoms with E-state index in [1.165, 1.54) is 24.3 Å². The van der Waals surface area contributed by atoms with E-state index in [-0.39, 0.29) is 24.1 Å². The largest absolute Gasteiger partial charge is 0.396 e. The third kappa shape index (κ3) is 4.62. The first-order chi connectivity index (χ1) is 11.1. The van der Waals surface area contributed by atoms with Crippen molar-refractivity contribution in [2.75, 3.05) is 13.2 Å². The molecule has 0 heterocycles. The summed E-state index contributed by atoms with van der Waals surface area (Å²) in [6, 6.07) is 15.1. The van der Waals surface area contributed by atoms with Crippen LogP contribution in [0.2, 0.25) is 0 Å². The molecular weight excluding hydrogens is 296 g/mol. The zero-order valence-electron chi connectivity index (χ0n) is 12.5. The van der Waals surface area contributed by atoms with Crippen molar-refractivity contribution in [3.63, 3.8) is 0 Å². The zero-order valence-corrected chi connectivity index (χ0v) is 12.5. The van der Waals surface area contributed by atoms with Crippen LogP contribution >= 0.6 is 0 Å². The maximum absolute atomic E-state index is 12.1. The van der Waals surface area contributed by atoms with E-state index < -0.39 is 4.92 Å². The van der Waals surface area contributed by atoms with E-state index in [0.29, 0.717) is 18.5 Å². The van der Waals surface area contributed by atoms with Crippen molar-refractivity contribution in [1.29, 1.82) is 0 Å². The van der Waals surface area contributed by atoms with Gasteiger partial charge in [0.05, 0.1) is 4.92 Å². The van der Waals surface area contributed by atoms with Gasteiger partial charge in [-0.3, -0.25) is 14.9 Å². The summed E-state index contributed by atoms with van der Waals surface area (Å²) in [5.41, 5.74) is 1.36. The van der Waals surface area contributed by atoms with Crippen LogP contribution in [-0.4, -0.2) is 29.1 Å². The molecule has 1 amide bonds. The SMILES string of the molecule is O=C(NCC(CCO)c1ccccc1)c1ccc([N+](=O)[O-])cc1. The topological polar surface area (TPSA) is 92.5 Å². The Morgan fingerprint density at radius 1 is 1.13 bits per heavy atom. The van der Waals surface area contributed by atoms with E-state index in [2.05, 4.69) is 5.32 Å². The van der Waals surface area contributed by atoms with Crippen LogP contribution in [0.3, 0.4) is 0 Å². The van der Waals surface area contributed by atoms with Gasteiger partial charge in [-0.15, -0.1) is 0 Å². The highest BCUT2D eigenvalue weighted by Gasteiger charge is 2.14. The number of rotatable bonds is 7. The van der Waals surface area contributed by atoms with Crippen molar-refractivity contribution < 1.29 is 14.8 Å². The number of nitrogens with one attached hydrogen (secondary N) is 1. The van der Waals surface area contributed by atoms with Crippen LogP contribution < -0.4 is 5.32 Å². The van der Waals surface area contributed by atoms with E-state index in [9.17, 15) is 20.0 Å². The molecule has 0 spiro atoms. The van der Waals surface area contributed by atoms with Gasteiger partial charge in [-0.1, -0.05) is 30.3 Å². The number of carbonyl (C=O) groups is 1. The highest BCUT2D eigenvalue weighted by Crippen LogP contribution is 2.18. The molecule has 0 bridgehead atoms. The molecule has 23 heavy (non-hydrogen) atoms. The fraction of sp³-hybridized carbons (Fsp3) is 0.235. The quantitative estimate of drug-likeness (QED) is 0.606. The Balaban J connectivity index is 2.00. The average Bonchev–Trinajstić information content (AvgIpc) is 2.59. The zero-order chi connectivity index (χ0) is 16.7. The van der Waals surface area contributed by atoms with E-state index in [1.807, 2.05) is 30.3 Å². The average molecular weight is 314 g/mol. The Kier molecular flexibility index (Phi) is 5.82. The van der Waals surface area contributed by atoms with E-state index in [1.54, 1.807) is 0 Å². The van der Waals surface area contributed by atoms with Crippen LogP contribution in [0.15, 0.2) is 54.6 Å². The molecular formula is C17H18N2O4. The van der Waals surface area contributed by atoms with Gasteiger partial charge >= 0.3 is 0 Å². The van der Waals surface area contributed by atoms with Crippen molar-refractivity contribution in [1.82, 2.24) is 5.32 Å². The van der Waals surface area contributed by atoms with Crippen molar-refractivity contribution in [3.8, 4) is 0 Å². The van der Waals surface area contributed by atoms with E-state index in [0.717, 1.165) is 5.56 Å². The lowest BCUT2D eigenvalue weighted by atomic mass is 9.96. The number of benzene rings is 2. The number of nitro benzene ring substituents is 1. The van der Waals surface area contributed by atoms with Gasteiger partial charge in [0.25, 0.3) is 11.6 Å². The second-order valence-corrected chi connectivity index (χ2v) is 5.13. The lowest BCUT2D eigenvalue weighted by Gasteiger charge is -2.17. The smallest absolute Gasteiger partial charge is 0.269 e. The van der Waals surface area contributed by atoms with E-state index >= 15 is 0 Å². The minimum atomic E-state index is -0.506. The van der Waals surface area contributed by atoms with E-state index in [4.69, 9.17) is 0 Å².